The van der Waals surface area contributed by atoms with E-state index >= 15 is 0 Å². The predicted octanol–water partition coefficient (Wildman–Crippen LogP) is -1.19. The molecule has 6 nitrogen and oxygen atoms in total. The number of carboxylic acids is 1. The lowest BCUT2D eigenvalue weighted by Gasteiger charge is -2.34. The maximum Gasteiger partial charge on any atom is 0.327 e. The zero-order valence-corrected chi connectivity index (χ0v) is 8.19. The molecule has 78 valence electrons. The Balaban J connectivity index is 2.46. The number of hydrogen-bond acceptors (Lipinski definition) is 4. The highest BCUT2D eigenvalue weighted by Crippen LogP contribution is 2.39. The van der Waals surface area contributed by atoms with Crippen LogP contribution in [0.2, 0.25) is 0 Å². The number of amides is 1. The molecule has 1 N–H and O–H groups in total. The van der Waals surface area contributed by atoms with Crippen molar-refractivity contribution < 1.29 is 23.1 Å². The molecule has 14 heavy (non-hydrogen) atoms. The smallest absolute Gasteiger partial charge is 0.327 e. The average molecular weight is 219 g/mol. The van der Waals surface area contributed by atoms with Crippen LogP contribution in [0.5, 0.6) is 0 Å². The summed E-state index contributed by atoms with van der Waals surface area (Å²) in [5, 5.41) is 6.90. The molecule has 0 radical (unpaired) electrons. The third-order valence-electron chi connectivity index (χ3n) is 2.84. The molecule has 0 saturated carbocycles. The molecule has 0 aliphatic carbocycles. The van der Waals surface area contributed by atoms with E-state index in [2.05, 4.69) is 0 Å². The van der Waals surface area contributed by atoms with Crippen molar-refractivity contribution in [2.75, 3.05) is 0 Å². The fraction of sp³-hybridized carbons (Fsp3) is 0.714. The van der Waals surface area contributed by atoms with Gasteiger partial charge >= 0.3 is 5.97 Å². The van der Waals surface area contributed by atoms with Crippen molar-refractivity contribution in [1.29, 1.82) is 0 Å². The summed E-state index contributed by atoms with van der Waals surface area (Å²) in [6.07, 6.45) is -0.0730. The van der Waals surface area contributed by atoms with Gasteiger partial charge in [-0.25, -0.2) is 13.2 Å². The Bertz CT molecular complexity index is 414. The van der Waals surface area contributed by atoms with Crippen LogP contribution in [-0.4, -0.2) is 47.0 Å². The minimum atomic E-state index is -3.47. The molecule has 0 bridgehead atoms. The van der Waals surface area contributed by atoms with Crippen LogP contribution in [0.4, 0.5) is 0 Å². The maximum absolute atomic E-state index is 11.6. The first kappa shape index (κ1) is 9.45. The molecule has 2 aliphatic rings. The molecule has 3 atom stereocenters. The van der Waals surface area contributed by atoms with Gasteiger partial charge in [0.2, 0.25) is 5.91 Å². The number of carbonyl (C=O) groups is 2. The number of fused-ring (bicyclic) bond motifs is 1. The summed E-state index contributed by atoms with van der Waals surface area (Å²) in [5.41, 5.74) is 0. The third-order valence-corrected chi connectivity index (χ3v) is 5.29. The van der Waals surface area contributed by atoms with Gasteiger partial charge in [0.1, 0.15) is 11.4 Å². The van der Waals surface area contributed by atoms with Gasteiger partial charge < -0.3 is 10.0 Å². The van der Waals surface area contributed by atoms with Gasteiger partial charge in [-0.1, -0.05) is 0 Å². The fourth-order valence-corrected chi connectivity index (χ4v) is 4.03. The van der Waals surface area contributed by atoms with Crippen molar-refractivity contribution in [3.8, 4) is 0 Å². The van der Waals surface area contributed by atoms with Gasteiger partial charge in [-0.15, -0.1) is 0 Å². The van der Waals surface area contributed by atoms with Crippen molar-refractivity contribution in [3.63, 3.8) is 0 Å². The number of aliphatic carboxylic acids is 1. The molecule has 2 heterocycles. The first-order chi connectivity index (χ1) is 6.37. The summed E-state index contributed by atoms with van der Waals surface area (Å²) in [5.74, 6) is -1.65. The zero-order chi connectivity index (χ0) is 10.7. The van der Waals surface area contributed by atoms with Crippen molar-refractivity contribution in [1.82, 2.24) is 4.90 Å². The van der Waals surface area contributed by atoms with Crippen LogP contribution in [-0.2, 0) is 19.4 Å². The Morgan fingerprint density at radius 2 is 2.14 bits per heavy atom. The molecule has 0 aromatic rings. The van der Waals surface area contributed by atoms with Crippen molar-refractivity contribution in [2.45, 2.75) is 30.0 Å². The second-order valence-electron chi connectivity index (χ2n) is 3.54. The van der Waals surface area contributed by atoms with E-state index in [1.54, 1.807) is 0 Å². The lowest BCUT2D eigenvalue weighted by molar-refractivity contribution is -0.156. The molecule has 7 heteroatoms. The summed E-state index contributed by atoms with van der Waals surface area (Å²) in [6.45, 7) is 1.33. The normalized spacial score (nSPS) is 39.1. The number of carbonyl (C=O) groups excluding carboxylic acids is 1. The van der Waals surface area contributed by atoms with Crippen molar-refractivity contribution in [3.05, 3.63) is 0 Å². The van der Waals surface area contributed by atoms with Crippen LogP contribution in [0.3, 0.4) is 0 Å². The highest BCUT2D eigenvalue weighted by Gasteiger charge is 2.61. The summed E-state index contributed by atoms with van der Waals surface area (Å²) < 4.78 is 23.1. The van der Waals surface area contributed by atoms with E-state index in [0.29, 0.717) is 0 Å². The molecule has 0 aromatic carbocycles. The van der Waals surface area contributed by atoms with E-state index < -0.39 is 38.4 Å². The Morgan fingerprint density at radius 1 is 1.57 bits per heavy atom. The number of hydrogen-bond donors (Lipinski definition) is 1. The Hall–Kier alpha value is -1.11. The first-order valence-electron chi connectivity index (χ1n) is 4.14. The van der Waals surface area contributed by atoms with Crippen LogP contribution in [0, 0.1) is 0 Å². The van der Waals surface area contributed by atoms with Gasteiger partial charge in [0, 0.05) is 0 Å². The number of sulfone groups is 1. The van der Waals surface area contributed by atoms with Gasteiger partial charge in [-0.2, -0.15) is 0 Å². The molecular formula is C7H9NO5S. The molecule has 2 fully saturated rings. The van der Waals surface area contributed by atoms with Gasteiger partial charge in [0.05, 0.1) is 11.7 Å². The largest absolute Gasteiger partial charge is 0.480 e. The Labute approximate surface area is 80.4 Å². The first-order valence-corrected chi connectivity index (χ1v) is 5.75. The van der Waals surface area contributed by atoms with Gasteiger partial charge in [-0.05, 0) is 6.92 Å². The van der Waals surface area contributed by atoms with Crippen LogP contribution in [0.1, 0.15) is 13.3 Å². The van der Waals surface area contributed by atoms with E-state index in [9.17, 15) is 18.0 Å². The van der Waals surface area contributed by atoms with Crippen LogP contribution >= 0.6 is 0 Å². The van der Waals surface area contributed by atoms with Crippen molar-refractivity contribution in [2.24, 2.45) is 0 Å². The van der Waals surface area contributed by atoms with Crippen LogP contribution in [0.25, 0.3) is 0 Å². The summed E-state index contributed by atoms with van der Waals surface area (Å²) in [7, 11) is -3.47. The number of carboxylic acid groups (broad SMARTS) is 1. The summed E-state index contributed by atoms with van der Waals surface area (Å²) in [6, 6.07) is -1.20. The van der Waals surface area contributed by atoms with Gasteiger partial charge in [-0.3, -0.25) is 4.79 Å². The number of nitrogens with zero attached hydrogens (tertiary/aromatic N) is 1. The van der Waals surface area contributed by atoms with Crippen molar-refractivity contribution >= 4 is 21.7 Å². The molecular weight excluding hydrogens is 210 g/mol. The second kappa shape index (κ2) is 2.47. The third kappa shape index (κ3) is 0.875. The van der Waals surface area contributed by atoms with E-state index in [0.717, 1.165) is 4.90 Å². The number of β-lactam (4-membered cyclic amide) rings is 1. The van der Waals surface area contributed by atoms with E-state index in [1.165, 1.54) is 6.92 Å². The maximum atomic E-state index is 11.6. The minimum Gasteiger partial charge on any atom is -0.480 e. The van der Waals surface area contributed by atoms with E-state index in [-0.39, 0.29) is 6.42 Å². The predicted molar refractivity (Wildman–Crippen MR) is 45.1 cm³/mol. The SMILES string of the molecule is C[C@@H]1[C@H](C(=O)O)N2C(=O)CC2S1(=O)=O. The minimum absolute atomic E-state index is 0.0730. The average Bonchev–Trinajstić information content (AvgIpc) is 2.21. The molecule has 1 amide bonds. The molecule has 0 spiro atoms. The topological polar surface area (TPSA) is 91.8 Å². The summed E-state index contributed by atoms with van der Waals surface area (Å²) >= 11 is 0. The second-order valence-corrected chi connectivity index (χ2v) is 6.00. The molecule has 2 rings (SSSR count). The molecule has 2 aliphatic heterocycles. The summed E-state index contributed by atoms with van der Waals surface area (Å²) in [4.78, 5) is 22.8. The monoisotopic (exact) mass is 219 g/mol. The van der Waals surface area contributed by atoms with Crippen LogP contribution in [0.15, 0.2) is 0 Å². The number of rotatable bonds is 1. The van der Waals surface area contributed by atoms with Crippen LogP contribution < -0.4 is 0 Å². The highest BCUT2D eigenvalue weighted by atomic mass is 32.2. The lowest BCUT2D eigenvalue weighted by atomic mass is 10.1. The van der Waals surface area contributed by atoms with E-state index in [1.807, 2.05) is 0 Å². The van der Waals surface area contributed by atoms with E-state index in [4.69, 9.17) is 5.11 Å². The lowest BCUT2D eigenvalue weighted by Crippen LogP contribution is -2.56. The molecule has 1 unspecified atom stereocenters. The van der Waals surface area contributed by atoms with Gasteiger partial charge in [0.15, 0.2) is 9.84 Å². The standard InChI is InChI=1S/C7H9NO5S/c1-3-6(7(10)11)8-4(9)2-5(8)14(3,12)13/h3,5-6H,2H2,1H3,(H,10,11)/t3-,5?,6-/m1/s1. The fourth-order valence-electron chi connectivity index (χ4n) is 1.98. The Kier molecular flexibility index (Phi) is 1.67. The Morgan fingerprint density at radius 3 is 2.50 bits per heavy atom. The zero-order valence-electron chi connectivity index (χ0n) is 7.37. The molecule has 0 aromatic heterocycles. The molecule has 2 saturated heterocycles. The van der Waals surface area contributed by atoms with Gasteiger partial charge in [0.25, 0.3) is 0 Å². The highest BCUT2D eigenvalue weighted by molar-refractivity contribution is 7.93. The quantitative estimate of drug-likeness (QED) is 0.560.